The zero-order valence-corrected chi connectivity index (χ0v) is 10.9. The number of aromatic amines is 1. The molecule has 1 amide bonds. The first-order valence-corrected chi connectivity index (χ1v) is 6.20. The van der Waals surface area contributed by atoms with Crippen molar-refractivity contribution < 1.29 is 9.18 Å². The van der Waals surface area contributed by atoms with E-state index in [4.69, 9.17) is 11.6 Å². The molecule has 0 radical (unpaired) electrons. The number of carbonyl (C=O) groups is 1. The fourth-order valence-electron chi connectivity index (χ4n) is 2.07. The molecule has 100 valence electrons. The van der Waals surface area contributed by atoms with Gasteiger partial charge >= 0.3 is 0 Å². The number of nitrogens with zero attached hydrogens (tertiary/aromatic N) is 1. The summed E-state index contributed by atoms with van der Waals surface area (Å²) in [6.07, 6.45) is 0.544. The van der Waals surface area contributed by atoms with Gasteiger partial charge < -0.3 is 5.32 Å². The van der Waals surface area contributed by atoms with Crippen LogP contribution in [-0.2, 0) is 4.79 Å². The molecule has 0 aliphatic rings. The minimum absolute atomic E-state index is 0.359. The molecule has 0 aliphatic carbocycles. The molecule has 2 aromatic carbocycles. The number of fused-ring (bicyclic) bond motifs is 1. The van der Waals surface area contributed by atoms with E-state index >= 15 is 0 Å². The van der Waals surface area contributed by atoms with Gasteiger partial charge in [-0.15, -0.1) is 0 Å². The molecule has 4 nitrogen and oxygen atoms in total. The third-order valence-electron chi connectivity index (χ3n) is 3.00. The molecular formula is C14H9ClFN3O. The van der Waals surface area contributed by atoms with E-state index in [-0.39, 0.29) is 5.82 Å². The summed E-state index contributed by atoms with van der Waals surface area (Å²) in [5, 5.41) is 10.4. The molecule has 3 aromatic rings. The lowest BCUT2D eigenvalue weighted by Crippen LogP contribution is -1.94. The average molecular weight is 290 g/mol. The lowest BCUT2D eigenvalue weighted by Gasteiger charge is -2.05. The van der Waals surface area contributed by atoms with Crippen molar-refractivity contribution in [3.8, 4) is 11.1 Å². The maximum Gasteiger partial charge on any atom is 0.212 e. The first kappa shape index (κ1) is 12.6. The lowest BCUT2D eigenvalue weighted by molar-refractivity contribution is -0.105. The molecule has 0 atom stereocenters. The quantitative estimate of drug-likeness (QED) is 0.724. The van der Waals surface area contributed by atoms with Crippen molar-refractivity contribution in [2.24, 2.45) is 0 Å². The Kier molecular flexibility index (Phi) is 3.12. The standard InChI is InChI=1S/C14H9ClFN3O/c15-9-2-3-12(16)10(6-9)8-1-4-13-11(5-8)14(17-7-20)19-18-13/h1-7H,(H2,17,18,19,20). The van der Waals surface area contributed by atoms with Crippen LogP contribution in [0.1, 0.15) is 0 Å². The van der Waals surface area contributed by atoms with Gasteiger partial charge in [0, 0.05) is 16.0 Å². The van der Waals surface area contributed by atoms with Gasteiger partial charge in [-0.25, -0.2) is 4.39 Å². The molecule has 0 spiro atoms. The van der Waals surface area contributed by atoms with Crippen LogP contribution in [0.15, 0.2) is 36.4 Å². The van der Waals surface area contributed by atoms with Crippen molar-refractivity contribution in [2.45, 2.75) is 0 Å². The van der Waals surface area contributed by atoms with Gasteiger partial charge in [0.25, 0.3) is 0 Å². The molecule has 3 rings (SSSR count). The van der Waals surface area contributed by atoms with E-state index in [1.165, 1.54) is 12.1 Å². The van der Waals surface area contributed by atoms with Crippen molar-refractivity contribution in [3.63, 3.8) is 0 Å². The average Bonchev–Trinajstić information content (AvgIpc) is 2.84. The van der Waals surface area contributed by atoms with E-state index < -0.39 is 0 Å². The lowest BCUT2D eigenvalue weighted by atomic mass is 10.0. The summed E-state index contributed by atoms with van der Waals surface area (Å²) in [4.78, 5) is 10.5. The number of carbonyl (C=O) groups excluding carboxylic acids is 1. The molecule has 2 N–H and O–H groups in total. The van der Waals surface area contributed by atoms with E-state index in [1.807, 2.05) is 0 Å². The largest absolute Gasteiger partial charge is 0.311 e. The predicted molar refractivity (Wildman–Crippen MR) is 76.2 cm³/mol. The number of amides is 1. The van der Waals surface area contributed by atoms with Crippen molar-refractivity contribution in [1.29, 1.82) is 0 Å². The maximum absolute atomic E-state index is 13.9. The van der Waals surface area contributed by atoms with Crippen LogP contribution in [0.4, 0.5) is 10.2 Å². The molecule has 1 heterocycles. The molecule has 0 unspecified atom stereocenters. The molecule has 1 aromatic heterocycles. The molecule has 20 heavy (non-hydrogen) atoms. The number of hydrogen-bond acceptors (Lipinski definition) is 2. The molecule has 6 heteroatoms. The first-order valence-electron chi connectivity index (χ1n) is 5.83. The van der Waals surface area contributed by atoms with Crippen LogP contribution in [-0.4, -0.2) is 16.6 Å². The molecule has 0 saturated carbocycles. The van der Waals surface area contributed by atoms with E-state index in [0.29, 0.717) is 33.8 Å². The Bertz CT molecular complexity index is 800. The molecular weight excluding hydrogens is 281 g/mol. The van der Waals surface area contributed by atoms with E-state index in [0.717, 1.165) is 5.52 Å². The maximum atomic E-state index is 13.9. The molecule has 0 fully saturated rings. The number of H-pyrrole nitrogens is 1. The summed E-state index contributed by atoms with van der Waals surface area (Å²) in [5.74, 6) is 0.0430. The Hall–Kier alpha value is -2.40. The van der Waals surface area contributed by atoms with Gasteiger partial charge in [0.1, 0.15) is 5.82 Å². The van der Waals surface area contributed by atoms with Crippen LogP contribution < -0.4 is 5.32 Å². The Balaban J connectivity index is 2.18. The fraction of sp³-hybridized carbons (Fsp3) is 0. The van der Waals surface area contributed by atoms with Gasteiger partial charge in [-0.1, -0.05) is 17.7 Å². The minimum atomic E-state index is -0.359. The highest BCUT2D eigenvalue weighted by molar-refractivity contribution is 6.30. The summed E-state index contributed by atoms with van der Waals surface area (Å²) in [7, 11) is 0. The number of nitrogens with one attached hydrogen (secondary N) is 2. The van der Waals surface area contributed by atoms with Gasteiger partial charge in [0.05, 0.1) is 5.52 Å². The zero-order chi connectivity index (χ0) is 14.1. The van der Waals surface area contributed by atoms with Gasteiger partial charge in [-0.3, -0.25) is 9.89 Å². The fourth-order valence-corrected chi connectivity index (χ4v) is 2.24. The van der Waals surface area contributed by atoms with E-state index in [9.17, 15) is 9.18 Å². The Morgan fingerprint density at radius 1 is 1.25 bits per heavy atom. The van der Waals surface area contributed by atoms with Crippen LogP contribution in [0.25, 0.3) is 22.0 Å². The zero-order valence-electron chi connectivity index (χ0n) is 10.2. The molecule has 0 bridgehead atoms. The minimum Gasteiger partial charge on any atom is -0.311 e. The van der Waals surface area contributed by atoms with Crippen LogP contribution in [0.3, 0.4) is 0 Å². The van der Waals surface area contributed by atoms with Crippen molar-refractivity contribution >= 4 is 34.7 Å². The normalized spacial score (nSPS) is 10.7. The number of aromatic nitrogens is 2. The van der Waals surface area contributed by atoms with Crippen molar-refractivity contribution in [2.75, 3.05) is 5.32 Å². The molecule has 0 saturated heterocycles. The first-order chi connectivity index (χ1) is 9.69. The summed E-state index contributed by atoms with van der Waals surface area (Å²) in [6, 6.07) is 9.66. The number of rotatable bonds is 3. The summed E-state index contributed by atoms with van der Waals surface area (Å²) in [5.41, 5.74) is 1.81. The topological polar surface area (TPSA) is 57.8 Å². The summed E-state index contributed by atoms with van der Waals surface area (Å²) < 4.78 is 13.9. The Labute approximate surface area is 118 Å². The van der Waals surface area contributed by atoms with Gasteiger partial charge in [0.15, 0.2) is 5.82 Å². The van der Waals surface area contributed by atoms with Gasteiger partial charge in [-0.2, -0.15) is 5.10 Å². The van der Waals surface area contributed by atoms with Crippen LogP contribution in [0.2, 0.25) is 5.02 Å². The number of benzene rings is 2. The van der Waals surface area contributed by atoms with Gasteiger partial charge in [-0.05, 0) is 35.9 Å². The second-order valence-corrected chi connectivity index (χ2v) is 4.66. The Morgan fingerprint density at radius 3 is 2.90 bits per heavy atom. The molecule has 0 aliphatic heterocycles. The van der Waals surface area contributed by atoms with Crippen LogP contribution in [0.5, 0.6) is 0 Å². The third kappa shape index (κ3) is 2.12. The van der Waals surface area contributed by atoms with Crippen LogP contribution in [0, 0.1) is 5.82 Å². The van der Waals surface area contributed by atoms with E-state index in [1.54, 1.807) is 24.3 Å². The second kappa shape index (κ2) is 4.94. The van der Waals surface area contributed by atoms with Crippen molar-refractivity contribution in [3.05, 3.63) is 47.2 Å². The number of hydrogen-bond donors (Lipinski definition) is 2. The SMILES string of the molecule is O=CNc1n[nH]c2ccc(-c3cc(Cl)ccc3F)cc12. The summed E-state index contributed by atoms with van der Waals surface area (Å²) in [6.45, 7) is 0. The van der Waals surface area contributed by atoms with Crippen LogP contribution >= 0.6 is 11.6 Å². The third-order valence-corrected chi connectivity index (χ3v) is 3.23. The monoisotopic (exact) mass is 289 g/mol. The smallest absolute Gasteiger partial charge is 0.212 e. The van der Waals surface area contributed by atoms with Crippen molar-refractivity contribution in [1.82, 2.24) is 10.2 Å². The predicted octanol–water partition coefficient (Wildman–Crippen LogP) is 3.59. The Morgan fingerprint density at radius 2 is 2.10 bits per heavy atom. The highest BCUT2D eigenvalue weighted by atomic mass is 35.5. The number of anilines is 1. The number of halogens is 2. The second-order valence-electron chi connectivity index (χ2n) is 4.22. The summed E-state index contributed by atoms with van der Waals surface area (Å²) >= 11 is 5.90. The van der Waals surface area contributed by atoms with E-state index in [2.05, 4.69) is 15.5 Å². The van der Waals surface area contributed by atoms with Gasteiger partial charge in [0.2, 0.25) is 6.41 Å². The highest BCUT2D eigenvalue weighted by Gasteiger charge is 2.10. The highest BCUT2D eigenvalue weighted by Crippen LogP contribution is 2.30.